The Kier molecular flexibility index (Phi) is 5.44. The molecule has 0 spiro atoms. The van der Waals surface area contributed by atoms with Crippen LogP contribution in [0.2, 0.25) is 0 Å². The zero-order valence-corrected chi connectivity index (χ0v) is 20.0. The second kappa shape index (κ2) is 8.75. The van der Waals surface area contributed by atoms with Crippen molar-refractivity contribution in [2.45, 2.75) is 63.7 Å². The van der Waals surface area contributed by atoms with Crippen molar-refractivity contribution < 1.29 is 0 Å². The fraction of sp³-hybridized carbons (Fsp3) is 0.333. The number of aryl methyl sites for hydroxylation is 1. The summed E-state index contributed by atoms with van der Waals surface area (Å²) in [5.74, 6) is 1.23. The summed E-state index contributed by atoms with van der Waals surface area (Å²) >= 11 is 0. The van der Waals surface area contributed by atoms with E-state index < -0.39 is 0 Å². The number of nitrogens with zero attached hydrogens (tertiary/aromatic N) is 4. The van der Waals surface area contributed by atoms with Gasteiger partial charge in [-0.3, -0.25) is 0 Å². The number of hydrogen-bond donors (Lipinski definition) is 0. The molecular weight excluding hydrogens is 416 g/mol. The molecule has 2 aromatic carbocycles. The molecule has 1 saturated carbocycles. The van der Waals surface area contributed by atoms with Crippen molar-refractivity contribution in [1.29, 1.82) is 0 Å². The topological polar surface area (TPSA) is 35.6 Å². The summed E-state index contributed by atoms with van der Waals surface area (Å²) in [7, 11) is 0. The molecule has 0 radical (unpaired) electrons. The van der Waals surface area contributed by atoms with Crippen LogP contribution in [0, 0.1) is 0 Å². The van der Waals surface area contributed by atoms with Gasteiger partial charge in [0.1, 0.15) is 0 Å². The molecule has 4 aromatic rings. The second-order valence-corrected chi connectivity index (χ2v) is 9.82. The number of unbranched alkanes of at least 4 members (excludes halogenated alkanes) is 1. The highest BCUT2D eigenvalue weighted by Crippen LogP contribution is 2.43. The molecule has 2 aromatic heterocycles. The van der Waals surface area contributed by atoms with Gasteiger partial charge in [0.05, 0.1) is 35.2 Å². The Morgan fingerprint density at radius 1 is 0.912 bits per heavy atom. The van der Waals surface area contributed by atoms with Crippen molar-refractivity contribution in [2.24, 2.45) is 0 Å². The molecule has 4 heteroatoms. The van der Waals surface area contributed by atoms with Crippen molar-refractivity contribution in [2.75, 3.05) is 0 Å². The highest BCUT2D eigenvalue weighted by atomic mass is 15.3. The van der Waals surface area contributed by atoms with Gasteiger partial charge in [-0.05, 0) is 73.1 Å². The zero-order valence-electron chi connectivity index (χ0n) is 20.0. The van der Waals surface area contributed by atoms with Crippen LogP contribution in [0.25, 0.3) is 28.6 Å². The van der Waals surface area contributed by atoms with E-state index in [0.717, 1.165) is 23.4 Å². The first-order valence-corrected chi connectivity index (χ1v) is 12.7. The summed E-state index contributed by atoms with van der Waals surface area (Å²) in [6, 6.07) is 17.5. The Labute approximate surface area is 201 Å². The lowest BCUT2D eigenvalue weighted by Gasteiger charge is -2.15. The monoisotopic (exact) mass is 448 g/mol. The molecule has 0 bridgehead atoms. The molecule has 1 atom stereocenters. The lowest BCUT2D eigenvalue weighted by atomic mass is 9.99. The van der Waals surface area contributed by atoms with Crippen LogP contribution in [0.15, 0.2) is 67.5 Å². The van der Waals surface area contributed by atoms with Crippen LogP contribution >= 0.6 is 0 Å². The van der Waals surface area contributed by atoms with Gasteiger partial charge in [0, 0.05) is 17.4 Å². The summed E-state index contributed by atoms with van der Waals surface area (Å²) < 4.78 is 4.31. The SMILES string of the molecule is C=Cc1cnn(-c2cccc(-c3cccc(-n4ncc5c4C(CCCC)CC5)c3)c2)c1C1CC1. The third kappa shape index (κ3) is 3.71. The number of rotatable bonds is 8. The van der Waals surface area contributed by atoms with Crippen molar-refractivity contribution in [1.82, 2.24) is 19.6 Å². The quantitative estimate of drug-likeness (QED) is 0.280. The summed E-state index contributed by atoms with van der Waals surface area (Å²) in [4.78, 5) is 0. The average molecular weight is 449 g/mol. The van der Waals surface area contributed by atoms with Crippen LogP contribution in [0.4, 0.5) is 0 Å². The Morgan fingerprint density at radius 3 is 2.24 bits per heavy atom. The van der Waals surface area contributed by atoms with E-state index in [2.05, 4.69) is 77.6 Å². The van der Waals surface area contributed by atoms with E-state index in [9.17, 15) is 0 Å². The van der Waals surface area contributed by atoms with E-state index in [4.69, 9.17) is 10.2 Å². The average Bonchev–Trinajstić information content (AvgIpc) is 3.29. The molecule has 34 heavy (non-hydrogen) atoms. The molecule has 2 aliphatic carbocycles. The number of benzene rings is 2. The molecule has 0 saturated heterocycles. The van der Waals surface area contributed by atoms with Gasteiger partial charge in [0.15, 0.2) is 0 Å². The first kappa shape index (κ1) is 21.2. The molecule has 0 amide bonds. The summed E-state index contributed by atoms with van der Waals surface area (Å²) in [6.45, 7) is 6.27. The molecule has 2 heterocycles. The minimum atomic E-state index is 0.602. The van der Waals surface area contributed by atoms with E-state index in [1.165, 1.54) is 66.6 Å². The van der Waals surface area contributed by atoms with E-state index in [1.54, 1.807) is 0 Å². The van der Waals surface area contributed by atoms with E-state index in [1.807, 2.05) is 12.3 Å². The van der Waals surface area contributed by atoms with Crippen LogP contribution in [0.5, 0.6) is 0 Å². The van der Waals surface area contributed by atoms with Crippen LogP contribution in [0.1, 0.15) is 79.8 Å². The van der Waals surface area contributed by atoms with Gasteiger partial charge in [-0.25, -0.2) is 9.36 Å². The first-order valence-electron chi connectivity index (χ1n) is 12.7. The van der Waals surface area contributed by atoms with Crippen LogP contribution < -0.4 is 0 Å². The third-order valence-corrected chi connectivity index (χ3v) is 7.48. The number of aromatic nitrogens is 4. The van der Waals surface area contributed by atoms with Gasteiger partial charge in [-0.2, -0.15) is 10.2 Å². The first-order chi connectivity index (χ1) is 16.8. The lowest BCUT2D eigenvalue weighted by Crippen LogP contribution is -2.06. The zero-order chi connectivity index (χ0) is 23.1. The molecule has 0 aliphatic heterocycles. The standard InChI is InChI=1S/C30H32N4/c1-3-5-8-22-15-16-26-20-32-34(30(22)26)28-12-7-10-25(18-28)24-9-6-11-27(17-24)33-29(23-13-14-23)21(4-2)19-31-33/h4,6-7,9-12,17-20,22-23H,2-3,5,8,13-16H2,1H3. The van der Waals surface area contributed by atoms with Crippen molar-refractivity contribution in [3.63, 3.8) is 0 Å². The van der Waals surface area contributed by atoms with E-state index in [-0.39, 0.29) is 0 Å². The minimum Gasteiger partial charge on any atom is -0.237 e. The lowest BCUT2D eigenvalue weighted by molar-refractivity contribution is 0.553. The fourth-order valence-corrected chi connectivity index (χ4v) is 5.56. The van der Waals surface area contributed by atoms with E-state index in [0.29, 0.717) is 11.8 Å². The highest BCUT2D eigenvalue weighted by Gasteiger charge is 2.30. The Balaban J connectivity index is 1.35. The van der Waals surface area contributed by atoms with Crippen LogP contribution in [-0.4, -0.2) is 19.6 Å². The van der Waals surface area contributed by atoms with E-state index >= 15 is 0 Å². The van der Waals surface area contributed by atoms with Crippen LogP contribution in [-0.2, 0) is 6.42 Å². The Bertz CT molecular complexity index is 1340. The van der Waals surface area contributed by atoms with Gasteiger partial charge in [-0.15, -0.1) is 0 Å². The van der Waals surface area contributed by atoms with Gasteiger partial charge >= 0.3 is 0 Å². The molecule has 2 aliphatic rings. The molecule has 1 unspecified atom stereocenters. The van der Waals surface area contributed by atoms with Gasteiger partial charge in [0.25, 0.3) is 0 Å². The summed E-state index contributed by atoms with van der Waals surface area (Å²) in [5, 5.41) is 9.52. The molecule has 1 fully saturated rings. The van der Waals surface area contributed by atoms with Crippen molar-refractivity contribution in [3.05, 3.63) is 90.0 Å². The predicted octanol–water partition coefficient (Wildman–Crippen LogP) is 7.47. The fourth-order valence-electron chi connectivity index (χ4n) is 5.56. The minimum absolute atomic E-state index is 0.602. The maximum atomic E-state index is 4.81. The molecular formula is C30H32N4. The highest BCUT2D eigenvalue weighted by molar-refractivity contribution is 5.68. The van der Waals surface area contributed by atoms with Gasteiger partial charge in [-0.1, -0.05) is 56.7 Å². The van der Waals surface area contributed by atoms with Crippen molar-refractivity contribution in [3.8, 4) is 22.5 Å². The maximum Gasteiger partial charge on any atom is 0.0655 e. The summed E-state index contributed by atoms with van der Waals surface area (Å²) in [5.41, 5.74) is 9.97. The van der Waals surface area contributed by atoms with Gasteiger partial charge < -0.3 is 0 Å². The van der Waals surface area contributed by atoms with Crippen molar-refractivity contribution >= 4 is 6.08 Å². The van der Waals surface area contributed by atoms with Gasteiger partial charge in [0.2, 0.25) is 0 Å². The molecule has 6 rings (SSSR count). The molecule has 172 valence electrons. The Morgan fingerprint density at radius 2 is 1.59 bits per heavy atom. The number of hydrogen-bond acceptors (Lipinski definition) is 2. The predicted molar refractivity (Wildman–Crippen MR) is 139 cm³/mol. The molecule has 4 nitrogen and oxygen atoms in total. The summed E-state index contributed by atoms with van der Waals surface area (Å²) in [6.07, 6.45) is 14.6. The third-order valence-electron chi connectivity index (χ3n) is 7.48. The normalized spacial score (nSPS) is 17.1. The second-order valence-electron chi connectivity index (χ2n) is 9.82. The maximum absolute atomic E-state index is 4.81. The van der Waals surface area contributed by atoms with Crippen LogP contribution in [0.3, 0.4) is 0 Å². The number of fused-ring (bicyclic) bond motifs is 1. The molecule has 0 N–H and O–H groups in total. The smallest absolute Gasteiger partial charge is 0.0655 e. The Hall–Kier alpha value is -3.40. The largest absolute Gasteiger partial charge is 0.237 e.